The SMILES string of the molecule is CC(C)(C)C(=O)C(C)(C)COC(=O)c1cc(O)cc(-n2nnc3ccccc32)c1. The molecule has 1 N–H and O–H groups in total. The van der Waals surface area contributed by atoms with Crippen LogP contribution in [0.3, 0.4) is 0 Å². The number of aromatic hydroxyl groups is 1. The zero-order valence-corrected chi connectivity index (χ0v) is 17.3. The van der Waals surface area contributed by atoms with E-state index in [1.165, 1.54) is 12.1 Å². The van der Waals surface area contributed by atoms with Crippen molar-refractivity contribution in [3.05, 3.63) is 48.0 Å². The molecule has 0 saturated heterocycles. The second kappa shape index (κ2) is 7.31. The lowest BCUT2D eigenvalue weighted by atomic mass is 9.75. The molecule has 1 aromatic heterocycles. The monoisotopic (exact) mass is 395 g/mol. The number of carbonyl (C=O) groups is 2. The summed E-state index contributed by atoms with van der Waals surface area (Å²) < 4.78 is 6.95. The van der Waals surface area contributed by atoms with E-state index in [0.717, 1.165) is 5.52 Å². The Balaban J connectivity index is 1.85. The summed E-state index contributed by atoms with van der Waals surface area (Å²) in [5.41, 5.74) is 0.726. The predicted molar refractivity (Wildman–Crippen MR) is 109 cm³/mol. The van der Waals surface area contributed by atoms with Crippen LogP contribution in [0.5, 0.6) is 5.75 Å². The van der Waals surface area contributed by atoms with Gasteiger partial charge in [-0.2, -0.15) is 0 Å². The Morgan fingerprint density at radius 1 is 1.07 bits per heavy atom. The first-order chi connectivity index (χ1) is 13.5. The summed E-state index contributed by atoms with van der Waals surface area (Å²) in [6, 6.07) is 11.8. The Kier molecular flexibility index (Phi) is 5.17. The van der Waals surface area contributed by atoms with Crippen molar-refractivity contribution in [2.24, 2.45) is 10.8 Å². The lowest BCUT2D eigenvalue weighted by Crippen LogP contribution is -2.38. The Bertz CT molecular complexity index is 1080. The minimum atomic E-state index is -0.824. The average molecular weight is 395 g/mol. The molecule has 7 nitrogen and oxygen atoms in total. The highest BCUT2D eigenvalue weighted by Crippen LogP contribution is 2.30. The molecule has 0 spiro atoms. The number of phenols is 1. The third-order valence-corrected chi connectivity index (χ3v) is 4.59. The number of esters is 1. The van der Waals surface area contributed by atoms with Crippen LogP contribution in [-0.4, -0.2) is 38.5 Å². The van der Waals surface area contributed by atoms with Crippen molar-refractivity contribution >= 4 is 22.8 Å². The lowest BCUT2D eigenvalue weighted by molar-refractivity contribution is -0.137. The molecule has 2 aromatic carbocycles. The minimum absolute atomic E-state index is 0.00323. The number of phenolic OH excluding ortho intramolecular Hbond substituents is 1. The summed E-state index contributed by atoms with van der Waals surface area (Å²) in [6.45, 7) is 8.96. The maximum atomic E-state index is 12.6. The normalized spacial score (nSPS) is 12.2. The Labute approximate surface area is 169 Å². The van der Waals surface area contributed by atoms with Crippen molar-refractivity contribution < 1.29 is 19.4 Å². The van der Waals surface area contributed by atoms with Gasteiger partial charge in [0.2, 0.25) is 0 Å². The van der Waals surface area contributed by atoms with E-state index in [9.17, 15) is 14.7 Å². The van der Waals surface area contributed by atoms with E-state index in [2.05, 4.69) is 10.3 Å². The van der Waals surface area contributed by atoms with Gasteiger partial charge < -0.3 is 9.84 Å². The molecular weight excluding hydrogens is 370 g/mol. The number of benzene rings is 2. The molecule has 0 unspecified atom stereocenters. The molecular formula is C22H25N3O4. The number of carbonyl (C=O) groups excluding carboxylic acids is 2. The summed E-state index contributed by atoms with van der Waals surface area (Å²) in [5.74, 6) is -0.719. The van der Waals surface area contributed by atoms with Gasteiger partial charge in [-0.05, 0) is 38.1 Å². The zero-order chi connectivity index (χ0) is 21.4. The summed E-state index contributed by atoms with van der Waals surface area (Å²) in [7, 11) is 0. The van der Waals surface area contributed by atoms with Gasteiger partial charge in [-0.3, -0.25) is 4.79 Å². The first-order valence-corrected chi connectivity index (χ1v) is 9.36. The predicted octanol–water partition coefficient (Wildman–Crippen LogP) is 3.92. The minimum Gasteiger partial charge on any atom is -0.508 e. The number of rotatable bonds is 5. The van der Waals surface area contributed by atoms with E-state index in [1.807, 2.05) is 45.0 Å². The Morgan fingerprint density at radius 3 is 2.45 bits per heavy atom. The van der Waals surface area contributed by atoms with E-state index >= 15 is 0 Å². The lowest BCUT2D eigenvalue weighted by Gasteiger charge is -2.30. The van der Waals surface area contributed by atoms with E-state index < -0.39 is 16.8 Å². The highest BCUT2D eigenvalue weighted by atomic mass is 16.5. The molecule has 1 heterocycles. The second-order valence-corrected chi connectivity index (χ2v) is 8.77. The van der Waals surface area contributed by atoms with Crippen molar-refractivity contribution in [2.45, 2.75) is 34.6 Å². The highest BCUT2D eigenvalue weighted by molar-refractivity contribution is 5.92. The Hall–Kier alpha value is -3.22. The van der Waals surface area contributed by atoms with Gasteiger partial charge in [0.1, 0.15) is 23.7 Å². The van der Waals surface area contributed by atoms with Crippen molar-refractivity contribution in [1.29, 1.82) is 0 Å². The van der Waals surface area contributed by atoms with Gasteiger partial charge in [0.25, 0.3) is 0 Å². The van der Waals surface area contributed by atoms with Crippen LogP contribution in [0, 0.1) is 10.8 Å². The summed E-state index contributed by atoms with van der Waals surface area (Å²) in [6.07, 6.45) is 0. The number of para-hydroxylation sites is 1. The van der Waals surface area contributed by atoms with Gasteiger partial charge >= 0.3 is 5.97 Å². The fourth-order valence-corrected chi connectivity index (χ4v) is 3.30. The largest absolute Gasteiger partial charge is 0.508 e. The summed E-state index contributed by atoms with van der Waals surface area (Å²) in [4.78, 5) is 25.2. The molecule has 0 fully saturated rings. The maximum absolute atomic E-state index is 12.6. The smallest absolute Gasteiger partial charge is 0.338 e. The fourth-order valence-electron chi connectivity index (χ4n) is 3.30. The number of hydrogen-bond donors (Lipinski definition) is 1. The molecule has 0 aliphatic heterocycles. The zero-order valence-electron chi connectivity index (χ0n) is 17.3. The molecule has 0 bridgehead atoms. The topological polar surface area (TPSA) is 94.3 Å². The number of ketones is 1. The van der Waals surface area contributed by atoms with Crippen LogP contribution < -0.4 is 0 Å². The maximum Gasteiger partial charge on any atom is 0.338 e. The third kappa shape index (κ3) is 4.29. The first-order valence-electron chi connectivity index (χ1n) is 9.36. The second-order valence-electron chi connectivity index (χ2n) is 8.77. The molecule has 0 radical (unpaired) electrons. The first kappa shape index (κ1) is 20.5. The van der Waals surface area contributed by atoms with Crippen LogP contribution in [-0.2, 0) is 9.53 Å². The van der Waals surface area contributed by atoms with E-state index in [4.69, 9.17) is 4.74 Å². The highest BCUT2D eigenvalue weighted by Gasteiger charge is 2.37. The van der Waals surface area contributed by atoms with Gasteiger partial charge in [-0.25, -0.2) is 9.48 Å². The van der Waals surface area contributed by atoms with Gasteiger partial charge in [0.15, 0.2) is 0 Å². The number of Topliss-reactive ketones (excluding diaryl/α,β-unsaturated/α-hetero) is 1. The Morgan fingerprint density at radius 2 is 1.76 bits per heavy atom. The standard InChI is InChI=1S/C22H25N3O4/c1-21(2,3)20(28)22(4,5)13-29-19(27)14-10-15(12-16(26)11-14)25-18-9-7-6-8-17(18)23-24-25/h6-12,26H,13H2,1-5H3. The van der Waals surface area contributed by atoms with Crippen molar-refractivity contribution in [2.75, 3.05) is 6.61 Å². The number of aromatic nitrogens is 3. The van der Waals surface area contributed by atoms with Gasteiger partial charge in [0.05, 0.1) is 22.2 Å². The molecule has 3 aromatic rings. The number of nitrogens with zero attached hydrogens (tertiary/aromatic N) is 3. The molecule has 3 rings (SSSR count). The number of ether oxygens (including phenoxy) is 1. The van der Waals surface area contributed by atoms with Crippen LogP contribution >= 0.6 is 0 Å². The van der Waals surface area contributed by atoms with Crippen LogP contribution in [0.1, 0.15) is 45.0 Å². The van der Waals surface area contributed by atoms with E-state index in [1.54, 1.807) is 24.6 Å². The van der Waals surface area contributed by atoms with Crippen LogP contribution in [0.2, 0.25) is 0 Å². The quantitative estimate of drug-likeness (QED) is 0.658. The van der Waals surface area contributed by atoms with Gasteiger partial charge in [0, 0.05) is 11.5 Å². The molecule has 0 saturated carbocycles. The average Bonchev–Trinajstić information content (AvgIpc) is 3.08. The molecule has 0 aliphatic rings. The molecule has 152 valence electrons. The summed E-state index contributed by atoms with van der Waals surface area (Å²) >= 11 is 0. The van der Waals surface area contributed by atoms with Crippen molar-refractivity contribution in [3.63, 3.8) is 0 Å². The van der Waals surface area contributed by atoms with Crippen LogP contribution in [0.25, 0.3) is 16.7 Å². The van der Waals surface area contributed by atoms with Crippen molar-refractivity contribution in [3.8, 4) is 11.4 Å². The third-order valence-electron chi connectivity index (χ3n) is 4.59. The molecule has 7 heteroatoms. The molecule has 0 amide bonds. The van der Waals surface area contributed by atoms with Gasteiger partial charge in [-0.15, -0.1) is 5.10 Å². The molecule has 0 atom stereocenters. The molecule has 29 heavy (non-hydrogen) atoms. The number of fused-ring (bicyclic) bond motifs is 1. The van der Waals surface area contributed by atoms with E-state index in [-0.39, 0.29) is 23.7 Å². The fraction of sp³-hybridized carbons (Fsp3) is 0.364. The van der Waals surface area contributed by atoms with Crippen LogP contribution in [0.4, 0.5) is 0 Å². The van der Waals surface area contributed by atoms with E-state index in [0.29, 0.717) is 11.2 Å². The van der Waals surface area contributed by atoms with Crippen molar-refractivity contribution in [1.82, 2.24) is 15.0 Å². The van der Waals surface area contributed by atoms with Gasteiger partial charge in [-0.1, -0.05) is 38.1 Å². The summed E-state index contributed by atoms with van der Waals surface area (Å²) in [5, 5.41) is 18.3. The number of hydrogen-bond acceptors (Lipinski definition) is 6. The van der Waals surface area contributed by atoms with Crippen LogP contribution in [0.15, 0.2) is 42.5 Å². The molecule has 0 aliphatic carbocycles.